The Hall–Kier alpha value is -0.900. The monoisotopic (exact) mass is 413 g/mol. The van der Waals surface area contributed by atoms with Crippen LogP contribution in [0.25, 0.3) is 0 Å². The summed E-state index contributed by atoms with van der Waals surface area (Å²) in [6, 6.07) is 5.71. The van der Waals surface area contributed by atoms with Crippen LogP contribution in [0.15, 0.2) is 29.2 Å². The Bertz CT molecular complexity index is 620. The lowest BCUT2D eigenvalue weighted by molar-refractivity contribution is 0.0600. The molecule has 1 saturated heterocycles. The van der Waals surface area contributed by atoms with Crippen molar-refractivity contribution in [2.45, 2.75) is 11.3 Å². The molecule has 2 N–H and O–H groups in total. The van der Waals surface area contributed by atoms with E-state index in [9.17, 15) is 13.2 Å². The molecule has 1 aliphatic rings. The molecule has 0 aromatic heterocycles. The number of nitrogens with one attached hydrogen (secondary N) is 2. The van der Waals surface area contributed by atoms with Gasteiger partial charge in [-0.1, -0.05) is 0 Å². The first-order valence-electron chi connectivity index (χ1n) is 7.64. The van der Waals surface area contributed by atoms with Gasteiger partial charge in [0, 0.05) is 32.7 Å². The Morgan fingerprint density at radius 3 is 2.36 bits per heavy atom. The highest BCUT2D eigenvalue weighted by atomic mass is 35.5. The highest BCUT2D eigenvalue weighted by molar-refractivity contribution is 7.89. The van der Waals surface area contributed by atoms with Gasteiger partial charge in [-0.2, -0.15) is 0 Å². The minimum absolute atomic E-state index is 0. The minimum Gasteiger partial charge on any atom is -0.465 e. The predicted molar refractivity (Wildman–Crippen MR) is 101 cm³/mol. The number of rotatable bonds is 7. The molecule has 1 heterocycles. The van der Waals surface area contributed by atoms with Crippen LogP contribution in [0.2, 0.25) is 0 Å². The summed E-state index contributed by atoms with van der Waals surface area (Å²) in [5, 5.41) is 3.28. The Kier molecular flexibility index (Phi) is 11.2. The van der Waals surface area contributed by atoms with Gasteiger partial charge in [-0.3, -0.25) is 0 Å². The third kappa shape index (κ3) is 7.47. The number of carbonyl (C=O) groups is 1. The topological polar surface area (TPSA) is 87.7 Å². The van der Waals surface area contributed by atoms with E-state index >= 15 is 0 Å². The lowest BCUT2D eigenvalue weighted by atomic mass is 10.2. The van der Waals surface area contributed by atoms with Crippen LogP contribution < -0.4 is 10.0 Å². The van der Waals surface area contributed by atoms with Crippen molar-refractivity contribution in [1.82, 2.24) is 14.9 Å². The van der Waals surface area contributed by atoms with Crippen molar-refractivity contribution in [2.75, 3.05) is 46.4 Å². The van der Waals surface area contributed by atoms with E-state index in [-0.39, 0.29) is 29.7 Å². The number of carbonyl (C=O) groups excluding carboxylic acids is 1. The highest BCUT2D eigenvalue weighted by Crippen LogP contribution is 2.11. The summed E-state index contributed by atoms with van der Waals surface area (Å²) in [5.74, 6) is -0.488. The van der Waals surface area contributed by atoms with E-state index in [4.69, 9.17) is 0 Å². The normalized spacial score (nSPS) is 14.9. The number of hydrogen-bond acceptors (Lipinski definition) is 6. The third-order valence-corrected chi connectivity index (χ3v) is 5.22. The van der Waals surface area contributed by atoms with E-state index in [1.54, 1.807) is 0 Å². The van der Waals surface area contributed by atoms with Gasteiger partial charge in [-0.25, -0.2) is 17.9 Å². The summed E-state index contributed by atoms with van der Waals surface area (Å²) >= 11 is 0. The molecular weight excluding hydrogens is 389 g/mol. The molecule has 7 nitrogen and oxygen atoms in total. The zero-order valence-electron chi connectivity index (χ0n) is 14.1. The summed E-state index contributed by atoms with van der Waals surface area (Å²) in [6.45, 7) is 5.25. The third-order valence-electron chi connectivity index (χ3n) is 3.74. The molecular formula is C15H25Cl2N3O4S. The van der Waals surface area contributed by atoms with Gasteiger partial charge in [-0.05, 0) is 37.2 Å². The van der Waals surface area contributed by atoms with Crippen LogP contribution in [-0.4, -0.2) is 65.7 Å². The molecule has 0 saturated carbocycles. The van der Waals surface area contributed by atoms with Crippen molar-refractivity contribution in [2.24, 2.45) is 0 Å². The quantitative estimate of drug-likeness (QED) is 0.509. The molecule has 1 aromatic carbocycles. The molecule has 0 amide bonds. The fraction of sp³-hybridized carbons (Fsp3) is 0.533. The predicted octanol–water partition coefficient (Wildman–Crippen LogP) is 0.890. The molecule has 25 heavy (non-hydrogen) atoms. The molecule has 1 fully saturated rings. The number of methoxy groups -OCH3 is 1. The average molecular weight is 414 g/mol. The average Bonchev–Trinajstić information content (AvgIpc) is 2.59. The van der Waals surface area contributed by atoms with Gasteiger partial charge in [0.15, 0.2) is 0 Å². The second-order valence-corrected chi connectivity index (χ2v) is 7.13. The number of benzene rings is 1. The molecule has 144 valence electrons. The van der Waals surface area contributed by atoms with Crippen molar-refractivity contribution in [3.8, 4) is 0 Å². The number of sulfonamides is 1. The van der Waals surface area contributed by atoms with Crippen LogP contribution >= 0.6 is 24.8 Å². The van der Waals surface area contributed by atoms with Gasteiger partial charge in [0.25, 0.3) is 0 Å². The van der Waals surface area contributed by atoms with Gasteiger partial charge < -0.3 is 15.0 Å². The van der Waals surface area contributed by atoms with E-state index in [2.05, 4.69) is 19.7 Å². The standard InChI is InChI=1S/C15H23N3O4S.2ClH/c1-22-15(19)13-3-5-14(6-4-13)23(20,21)17-7-2-10-18-11-8-16-9-12-18;;/h3-6,16-17H,2,7-12H2,1H3;2*1H. The van der Waals surface area contributed by atoms with E-state index in [1.165, 1.54) is 31.4 Å². The van der Waals surface area contributed by atoms with Crippen LogP contribution in [0, 0.1) is 0 Å². The fourth-order valence-corrected chi connectivity index (χ4v) is 3.49. The molecule has 0 aliphatic carbocycles. The fourth-order valence-electron chi connectivity index (χ4n) is 2.42. The van der Waals surface area contributed by atoms with Gasteiger partial charge in [-0.15, -0.1) is 24.8 Å². The molecule has 10 heteroatoms. The molecule has 2 rings (SSSR count). The van der Waals surface area contributed by atoms with Crippen molar-refractivity contribution < 1.29 is 17.9 Å². The van der Waals surface area contributed by atoms with Gasteiger partial charge in [0.2, 0.25) is 10.0 Å². The Morgan fingerprint density at radius 2 is 1.80 bits per heavy atom. The number of nitrogens with zero attached hydrogens (tertiary/aromatic N) is 1. The largest absolute Gasteiger partial charge is 0.465 e. The van der Waals surface area contributed by atoms with E-state index in [0.717, 1.165) is 39.1 Å². The van der Waals surface area contributed by atoms with Crippen LogP contribution in [0.1, 0.15) is 16.8 Å². The Balaban J connectivity index is 0.00000288. The summed E-state index contributed by atoms with van der Waals surface area (Å²) < 4.78 is 31.5. The van der Waals surface area contributed by atoms with Gasteiger partial charge in [0.05, 0.1) is 17.6 Å². The summed E-state index contributed by atoms with van der Waals surface area (Å²) in [4.78, 5) is 13.8. The maximum Gasteiger partial charge on any atom is 0.337 e. The Labute approximate surface area is 161 Å². The number of piperazine rings is 1. The van der Waals surface area contributed by atoms with Crippen molar-refractivity contribution in [3.63, 3.8) is 0 Å². The molecule has 1 aliphatic heterocycles. The zero-order chi connectivity index (χ0) is 16.7. The number of ether oxygens (including phenoxy) is 1. The second kappa shape index (κ2) is 11.7. The first-order valence-corrected chi connectivity index (χ1v) is 9.12. The minimum atomic E-state index is -3.55. The molecule has 1 aromatic rings. The summed E-state index contributed by atoms with van der Waals surface area (Å²) in [5.41, 5.74) is 0.324. The molecule has 0 bridgehead atoms. The SMILES string of the molecule is COC(=O)c1ccc(S(=O)(=O)NCCCN2CCNCC2)cc1.Cl.Cl. The Morgan fingerprint density at radius 1 is 1.20 bits per heavy atom. The second-order valence-electron chi connectivity index (χ2n) is 5.36. The smallest absolute Gasteiger partial charge is 0.337 e. The molecule has 0 radical (unpaired) electrons. The first kappa shape index (κ1) is 24.1. The van der Waals surface area contributed by atoms with E-state index in [0.29, 0.717) is 12.1 Å². The van der Waals surface area contributed by atoms with Crippen molar-refractivity contribution >= 4 is 40.8 Å². The summed E-state index contributed by atoms with van der Waals surface area (Å²) in [7, 11) is -2.26. The number of esters is 1. The molecule has 0 atom stereocenters. The van der Waals surface area contributed by atoms with Crippen LogP contribution in [0.3, 0.4) is 0 Å². The number of halogens is 2. The molecule has 0 spiro atoms. The van der Waals surface area contributed by atoms with E-state index < -0.39 is 16.0 Å². The summed E-state index contributed by atoms with van der Waals surface area (Å²) in [6.07, 6.45) is 0.763. The maximum atomic E-state index is 12.2. The van der Waals surface area contributed by atoms with Crippen molar-refractivity contribution in [3.05, 3.63) is 29.8 Å². The van der Waals surface area contributed by atoms with Gasteiger partial charge in [0.1, 0.15) is 0 Å². The highest BCUT2D eigenvalue weighted by Gasteiger charge is 2.15. The molecule has 0 unspecified atom stereocenters. The van der Waals surface area contributed by atoms with Crippen LogP contribution in [-0.2, 0) is 14.8 Å². The van der Waals surface area contributed by atoms with Crippen LogP contribution in [0.5, 0.6) is 0 Å². The number of hydrogen-bond donors (Lipinski definition) is 2. The maximum absolute atomic E-state index is 12.2. The first-order chi connectivity index (χ1) is 11.0. The van der Waals surface area contributed by atoms with E-state index in [1.807, 2.05) is 0 Å². The lowest BCUT2D eigenvalue weighted by Crippen LogP contribution is -2.44. The van der Waals surface area contributed by atoms with Crippen LogP contribution in [0.4, 0.5) is 0 Å². The van der Waals surface area contributed by atoms with Crippen molar-refractivity contribution in [1.29, 1.82) is 0 Å². The lowest BCUT2D eigenvalue weighted by Gasteiger charge is -2.27. The van der Waals surface area contributed by atoms with Gasteiger partial charge >= 0.3 is 5.97 Å². The zero-order valence-corrected chi connectivity index (χ0v) is 16.5.